The number of fused-ring (bicyclic) bond motifs is 1. The number of benzene rings is 3. The molecule has 34 heavy (non-hydrogen) atoms. The van der Waals surface area contributed by atoms with Crippen molar-refractivity contribution < 1.29 is 12.8 Å². The third-order valence-corrected chi connectivity index (χ3v) is 8.59. The zero-order valence-corrected chi connectivity index (χ0v) is 21.0. The molecular weight excluding hydrogens is 535 g/mol. The first kappa shape index (κ1) is 22.5. The minimum absolute atomic E-state index is 0.123. The summed E-state index contributed by atoms with van der Waals surface area (Å²) in [5.41, 5.74) is 3.36. The molecule has 0 saturated carbocycles. The van der Waals surface area contributed by atoms with Gasteiger partial charge in [0.15, 0.2) is 0 Å². The fraction of sp³-hybridized carbons (Fsp3) is 0.0385. The van der Waals surface area contributed by atoms with E-state index >= 15 is 0 Å². The molecule has 0 aliphatic rings. The second kappa shape index (κ2) is 8.51. The van der Waals surface area contributed by atoms with Gasteiger partial charge in [0.1, 0.15) is 5.82 Å². The Bertz CT molecular complexity index is 1710. The number of halogens is 2. The summed E-state index contributed by atoms with van der Waals surface area (Å²) in [6.07, 6.45) is 0. The quantitative estimate of drug-likeness (QED) is 0.212. The molecule has 0 fully saturated rings. The van der Waals surface area contributed by atoms with Crippen LogP contribution < -0.4 is 0 Å². The van der Waals surface area contributed by atoms with Crippen molar-refractivity contribution >= 4 is 53.2 Å². The molecule has 2 aromatic heterocycles. The lowest BCUT2D eigenvalue weighted by Crippen LogP contribution is -2.14. The highest BCUT2D eigenvalue weighted by Crippen LogP contribution is 2.47. The summed E-state index contributed by atoms with van der Waals surface area (Å²) in [5.74, 6) is -0.487. The maximum Gasteiger partial charge on any atom is 0.268 e. The molecule has 0 saturated heterocycles. The molecule has 0 atom stereocenters. The average Bonchev–Trinajstić information content (AvgIpc) is 3.41. The van der Waals surface area contributed by atoms with Crippen LogP contribution in [0.3, 0.4) is 0 Å². The lowest BCUT2D eigenvalue weighted by molar-refractivity contribution is 0.589. The van der Waals surface area contributed by atoms with E-state index in [9.17, 15) is 12.8 Å². The summed E-state index contributed by atoms with van der Waals surface area (Å²) in [6, 6.07) is 19.8. The van der Waals surface area contributed by atoms with E-state index in [1.54, 1.807) is 35.7 Å². The molecule has 0 unspecified atom stereocenters. The first-order valence-corrected chi connectivity index (χ1v) is 13.3. The maximum atomic E-state index is 14.5. The van der Waals surface area contributed by atoms with E-state index in [0.29, 0.717) is 38.3 Å². The van der Waals surface area contributed by atoms with Crippen molar-refractivity contribution in [3.63, 3.8) is 0 Å². The normalized spacial score (nSPS) is 11.6. The Labute approximate surface area is 208 Å². The first-order chi connectivity index (χ1) is 16.3. The monoisotopic (exact) mass is 550 g/mol. The van der Waals surface area contributed by atoms with Gasteiger partial charge in [-0.25, -0.2) is 21.6 Å². The average molecular weight is 551 g/mol. The summed E-state index contributed by atoms with van der Waals surface area (Å²) in [4.78, 5) is 3.76. The van der Waals surface area contributed by atoms with Crippen LogP contribution in [0.5, 0.6) is 0 Å². The number of aromatic nitrogens is 1. The Kier molecular flexibility index (Phi) is 5.64. The van der Waals surface area contributed by atoms with Gasteiger partial charge in [0, 0.05) is 26.5 Å². The summed E-state index contributed by atoms with van der Waals surface area (Å²) < 4.78 is 44.6. The van der Waals surface area contributed by atoms with Crippen molar-refractivity contribution in [2.75, 3.05) is 0 Å². The van der Waals surface area contributed by atoms with Gasteiger partial charge in [-0.15, -0.1) is 0 Å². The number of nitrogens with zero attached hydrogens (tertiary/aromatic N) is 2. The van der Waals surface area contributed by atoms with Gasteiger partial charge in [-0.3, -0.25) is 0 Å². The van der Waals surface area contributed by atoms with Crippen molar-refractivity contribution in [3.8, 4) is 22.4 Å². The Morgan fingerprint density at radius 2 is 1.79 bits per heavy atom. The van der Waals surface area contributed by atoms with Crippen LogP contribution in [0, 0.1) is 19.3 Å². The van der Waals surface area contributed by atoms with E-state index in [-0.39, 0.29) is 4.90 Å². The predicted octanol–water partition coefficient (Wildman–Crippen LogP) is 8.03. The third kappa shape index (κ3) is 3.66. The van der Waals surface area contributed by atoms with E-state index in [2.05, 4.69) is 20.8 Å². The second-order valence-corrected chi connectivity index (χ2v) is 11.3. The van der Waals surface area contributed by atoms with Crippen LogP contribution in [0.15, 0.2) is 87.5 Å². The van der Waals surface area contributed by atoms with Gasteiger partial charge in [0.05, 0.1) is 22.7 Å². The molecular formula is C26H16BrFN2O2S2. The highest BCUT2D eigenvalue weighted by atomic mass is 79.9. The SMILES string of the molecule is [C-]#[N+]c1sccc1-c1c(-c2cccc(Br)c2)n(S(=O)(=O)c2ccc(C)cc2)c2ccc(F)cc12. The summed E-state index contributed by atoms with van der Waals surface area (Å²) in [6.45, 7) is 9.51. The van der Waals surface area contributed by atoms with Gasteiger partial charge in [-0.2, -0.15) is 11.3 Å². The zero-order chi connectivity index (χ0) is 24.0. The lowest BCUT2D eigenvalue weighted by atomic mass is 10.00. The van der Waals surface area contributed by atoms with Crippen molar-refractivity contribution in [2.24, 2.45) is 0 Å². The van der Waals surface area contributed by atoms with Crippen LogP contribution in [-0.4, -0.2) is 12.4 Å². The van der Waals surface area contributed by atoms with Gasteiger partial charge in [0.2, 0.25) is 5.00 Å². The van der Waals surface area contributed by atoms with Crippen LogP contribution in [0.1, 0.15) is 5.56 Å². The Hall–Kier alpha value is -3.25. The molecule has 168 valence electrons. The molecule has 0 spiro atoms. The van der Waals surface area contributed by atoms with Crippen LogP contribution in [0.2, 0.25) is 0 Å². The summed E-state index contributed by atoms with van der Waals surface area (Å²) in [7, 11) is -4.07. The molecule has 0 N–H and O–H groups in total. The summed E-state index contributed by atoms with van der Waals surface area (Å²) in [5, 5.41) is 2.62. The van der Waals surface area contributed by atoms with Gasteiger partial charge in [-0.05, 0) is 54.8 Å². The fourth-order valence-electron chi connectivity index (χ4n) is 4.05. The van der Waals surface area contributed by atoms with Crippen LogP contribution in [-0.2, 0) is 10.0 Å². The molecule has 3 aromatic carbocycles. The standard InChI is InChI=1S/C26H16BrFN2O2S2/c1-16-6-9-20(10-7-16)34(31,32)30-23-11-8-19(28)15-22(23)24(21-12-13-33-26(21)29-2)25(30)17-4-3-5-18(27)14-17/h3-15H,1H3. The van der Waals surface area contributed by atoms with Crippen molar-refractivity contribution in [1.82, 2.24) is 3.97 Å². The molecule has 5 aromatic rings. The van der Waals surface area contributed by atoms with E-state index in [1.165, 1.54) is 33.5 Å². The summed E-state index contributed by atoms with van der Waals surface area (Å²) >= 11 is 4.74. The van der Waals surface area contributed by atoms with Gasteiger partial charge < -0.3 is 0 Å². The van der Waals surface area contributed by atoms with Crippen LogP contribution in [0.4, 0.5) is 9.39 Å². The van der Waals surface area contributed by atoms with Gasteiger partial charge in [0.25, 0.3) is 10.0 Å². The highest BCUT2D eigenvalue weighted by Gasteiger charge is 2.30. The Balaban J connectivity index is 2.00. The van der Waals surface area contributed by atoms with E-state index < -0.39 is 15.8 Å². The molecule has 0 amide bonds. The largest absolute Gasteiger partial charge is 0.268 e. The fourth-order valence-corrected chi connectivity index (χ4v) is 6.68. The van der Waals surface area contributed by atoms with Crippen molar-refractivity contribution in [2.45, 2.75) is 11.8 Å². The molecule has 0 aliphatic heterocycles. The minimum Gasteiger partial charge on any atom is -0.233 e. The van der Waals surface area contributed by atoms with Crippen LogP contribution >= 0.6 is 27.3 Å². The molecule has 0 bridgehead atoms. The van der Waals surface area contributed by atoms with Crippen LogP contribution in [0.25, 0.3) is 38.1 Å². The Morgan fingerprint density at radius 3 is 2.50 bits per heavy atom. The topological polar surface area (TPSA) is 43.4 Å². The first-order valence-electron chi connectivity index (χ1n) is 10.2. The Morgan fingerprint density at radius 1 is 1.03 bits per heavy atom. The van der Waals surface area contributed by atoms with Gasteiger partial charge >= 0.3 is 0 Å². The molecule has 8 heteroatoms. The van der Waals surface area contributed by atoms with E-state index in [0.717, 1.165) is 10.0 Å². The predicted molar refractivity (Wildman–Crippen MR) is 138 cm³/mol. The number of aryl methyl sites for hydroxylation is 1. The number of thiophene rings is 1. The minimum atomic E-state index is -4.07. The molecule has 0 aliphatic carbocycles. The molecule has 5 rings (SSSR count). The zero-order valence-electron chi connectivity index (χ0n) is 17.8. The maximum absolute atomic E-state index is 14.5. The van der Waals surface area contributed by atoms with E-state index in [4.69, 9.17) is 6.57 Å². The number of hydrogen-bond acceptors (Lipinski definition) is 3. The number of rotatable bonds is 4. The third-order valence-electron chi connectivity index (χ3n) is 5.56. The van der Waals surface area contributed by atoms with E-state index in [1.807, 2.05) is 31.2 Å². The molecule has 0 radical (unpaired) electrons. The number of hydrogen-bond donors (Lipinski definition) is 0. The van der Waals surface area contributed by atoms with Crippen molar-refractivity contribution in [1.29, 1.82) is 0 Å². The van der Waals surface area contributed by atoms with Gasteiger partial charge in [-0.1, -0.05) is 51.8 Å². The molecule has 2 heterocycles. The molecule has 4 nitrogen and oxygen atoms in total. The highest BCUT2D eigenvalue weighted by molar-refractivity contribution is 9.10. The second-order valence-electron chi connectivity index (χ2n) is 7.73. The van der Waals surface area contributed by atoms with Crippen molar-refractivity contribution in [3.05, 3.63) is 105 Å². The smallest absolute Gasteiger partial charge is 0.233 e. The lowest BCUT2D eigenvalue weighted by Gasteiger charge is -2.14.